The van der Waals surface area contributed by atoms with E-state index in [4.69, 9.17) is 59.0 Å². The molecule has 10 nitrogen and oxygen atoms in total. The van der Waals surface area contributed by atoms with Gasteiger partial charge in [-0.15, -0.1) is 0 Å². The van der Waals surface area contributed by atoms with Crippen molar-refractivity contribution in [2.75, 3.05) is 13.2 Å². The highest BCUT2D eigenvalue weighted by molar-refractivity contribution is 7.99. The molecule has 10 rings (SSSR count). The Hall–Kier alpha value is -6.00. The molecule has 0 aliphatic carbocycles. The Morgan fingerprint density at radius 3 is 1.03 bits per heavy atom. The fraction of sp³-hybridized carbons (Fsp3) is 0.284. The minimum absolute atomic E-state index is 0.135. The Kier molecular flexibility index (Phi) is 21.4. The van der Waals surface area contributed by atoms with Crippen LogP contribution in [0.5, 0.6) is 0 Å². The zero-order valence-corrected chi connectivity index (χ0v) is 45.6. The fourth-order valence-corrected chi connectivity index (χ4v) is 11.0. The van der Waals surface area contributed by atoms with Gasteiger partial charge in [-0.1, -0.05) is 236 Å². The minimum Gasteiger partial charge on any atom is -0.374 e. The molecule has 2 fully saturated rings. The summed E-state index contributed by atoms with van der Waals surface area (Å²) in [5, 5.41) is 0.634. The number of benzene rings is 8. The van der Waals surface area contributed by atoms with E-state index < -0.39 is 60.6 Å². The molecule has 0 N–H and O–H groups in total. The van der Waals surface area contributed by atoms with Crippen LogP contribution in [0.4, 0.5) is 0 Å². The average Bonchev–Trinajstić information content (AvgIpc) is 3.63. The molecule has 0 radical (unpaired) electrons. The summed E-state index contributed by atoms with van der Waals surface area (Å²) in [6.45, 7) is 2.26. The van der Waals surface area contributed by atoms with E-state index >= 15 is 0 Å². The second-order valence-electron chi connectivity index (χ2n) is 19.6. The smallest absolute Gasteiger partial charge is 0.187 e. The first-order valence-electron chi connectivity index (χ1n) is 27.0. The molecule has 408 valence electrons. The van der Waals surface area contributed by atoms with Gasteiger partial charge in [0.25, 0.3) is 0 Å². The van der Waals surface area contributed by atoms with Gasteiger partial charge in [0.05, 0.1) is 59.5 Å². The van der Waals surface area contributed by atoms with Crippen LogP contribution >= 0.6 is 23.4 Å². The van der Waals surface area contributed by atoms with E-state index in [9.17, 15) is 0 Å². The third-order valence-electron chi connectivity index (χ3n) is 13.8. The standard InChI is InChI=1S/C67H67ClO10S/c68-56-36-38-57(39-37-56)79-67-65(75-46-55-34-20-7-21-35-55)63(73-44-53-30-16-5-17-31-53)61(59(77-67)48-70-41-50-24-10-2-11-25-50)78-66-64(74-45-54-32-18-6-19-33-54)62(72-43-52-28-14-4-15-29-52)60(71-42-51-26-12-3-13-27-51)58(76-66)47-69-40-49-22-8-1-9-23-49/h1-39,58-67H,40-48H2/t58-,59-,60-,61-,62+,63+,64-,65-,66-,67+/m1/s1. The maximum atomic E-state index is 7.66. The predicted molar refractivity (Wildman–Crippen MR) is 307 cm³/mol. The zero-order valence-electron chi connectivity index (χ0n) is 44.0. The number of ether oxygens (including phenoxy) is 10. The Balaban J connectivity index is 1.06. The number of thioether (sulfide) groups is 1. The summed E-state index contributed by atoms with van der Waals surface area (Å²) in [5.74, 6) is 0. The van der Waals surface area contributed by atoms with Crippen LogP contribution in [0.15, 0.2) is 241 Å². The lowest BCUT2D eigenvalue weighted by atomic mass is 9.96. The van der Waals surface area contributed by atoms with E-state index in [1.807, 2.05) is 200 Å². The van der Waals surface area contributed by atoms with Gasteiger partial charge >= 0.3 is 0 Å². The maximum absolute atomic E-state index is 7.66. The second kappa shape index (κ2) is 30.0. The van der Waals surface area contributed by atoms with Gasteiger partial charge in [0, 0.05) is 9.92 Å². The van der Waals surface area contributed by atoms with Gasteiger partial charge < -0.3 is 47.4 Å². The zero-order chi connectivity index (χ0) is 53.7. The SMILES string of the molecule is Clc1ccc(S[C@@H]2O[C@H](COCc3ccccc3)[C@@H](O[C@H]3O[C@H](COCc4ccccc4)[C@@H](OCc4ccccc4)[C@H](OCc4ccccc4)[C@H]3OCc3ccccc3)[C@H](OCc3ccccc3)[C@H]2OCc2ccccc2)cc1. The summed E-state index contributed by atoms with van der Waals surface area (Å²) >= 11 is 7.99. The normalized spacial score (nSPS) is 23.1. The largest absolute Gasteiger partial charge is 0.374 e. The number of hydrogen-bond acceptors (Lipinski definition) is 11. The van der Waals surface area contributed by atoms with Crippen molar-refractivity contribution < 1.29 is 47.4 Å². The molecule has 2 heterocycles. The Morgan fingerprint density at radius 1 is 0.316 bits per heavy atom. The van der Waals surface area contributed by atoms with Crippen molar-refractivity contribution in [2.45, 2.75) is 112 Å². The third kappa shape index (κ3) is 16.8. The third-order valence-corrected chi connectivity index (χ3v) is 15.2. The quantitative estimate of drug-likeness (QED) is 0.0493. The summed E-state index contributed by atoms with van der Waals surface area (Å²) in [6.07, 6.45) is -7.22. The highest BCUT2D eigenvalue weighted by Gasteiger charge is 2.54. The minimum atomic E-state index is -1.10. The molecule has 2 aliphatic heterocycles. The molecular formula is C67H67ClO10S. The molecular weight excluding hydrogens is 1030 g/mol. The van der Waals surface area contributed by atoms with E-state index in [0.717, 1.165) is 43.8 Å². The molecule has 8 aromatic carbocycles. The van der Waals surface area contributed by atoms with Crippen LogP contribution < -0.4 is 0 Å². The van der Waals surface area contributed by atoms with Crippen molar-refractivity contribution in [3.05, 3.63) is 281 Å². The van der Waals surface area contributed by atoms with Gasteiger partial charge in [0.1, 0.15) is 54.3 Å². The van der Waals surface area contributed by atoms with Crippen molar-refractivity contribution in [3.63, 3.8) is 0 Å². The first-order chi connectivity index (χ1) is 39.1. The van der Waals surface area contributed by atoms with Gasteiger partial charge in [-0.2, -0.15) is 0 Å². The molecule has 0 amide bonds. The lowest BCUT2D eigenvalue weighted by molar-refractivity contribution is -0.360. The van der Waals surface area contributed by atoms with Crippen molar-refractivity contribution in [1.29, 1.82) is 0 Å². The van der Waals surface area contributed by atoms with Crippen LogP contribution in [0.3, 0.4) is 0 Å². The van der Waals surface area contributed by atoms with E-state index in [1.165, 1.54) is 0 Å². The Labute approximate surface area is 473 Å². The van der Waals surface area contributed by atoms with Gasteiger partial charge in [-0.05, 0) is 63.2 Å². The van der Waals surface area contributed by atoms with E-state index in [0.29, 0.717) is 18.2 Å². The average molecular weight is 1100 g/mol. The molecule has 0 unspecified atom stereocenters. The molecule has 0 aromatic heterocycles. The van der Waals surface area contributed by atoms with E-state index in [-0.39, 0.29) is 46.2 Å². The maximum Gasteiger partial charge on any atom is 0.187 e. The lowest BCUT2D eigenvalue weighted by Gasteiger charge is -2.50. The van der Waals surface area contributed by atoms with Crippen LogP contribution in [-0.2, 0) is 93.6 Å². The lowest BCUT2D eigenvalue weighted by Crippen LogP contribution is -2.66. The molecule has 79 heavy (non-hydrogen) atoms. The summed E-state index contributed by atoms with van der Waals surface area (Å²) in [7, 11) is 0. The number of rotatable bonds is 27. The fourth-order valence-electron chi connectivity index (χ4n) is 9.70. The van der Waals surface area contributed by atoms with Crippen LogP contribution in [0.1, 0.15) is 38.9 Å². The summed E-state index contributed by atoms with van der Waals surface area (Å²) < 4.78 is 71.3. The Morgan fingerprint density at radius 2 is 0.633 bits per heavy atom. The molecule has 10 atom stereocenters. The Bertz CT molecular complexity index is 2940. The molecule has 0 bridgehead atoms. The predicted octanol–water partition coefficient (Wildman–Crippen LogP) is 13.6. The van der Waals surface area contributed by atoms with Gasteiger partial charge in [0.15, 0.2) is 6.29 Å². The summed E-state index contributed by atoms with van der Waals surface area (Å²) in [6, 6.07) is 78.5. The molecule has 2 saturated heterocycles. The number of hydrogen-bond donors (Lipinski definition) is 0. The highest BCUT2D eigenvalue weighted by atomic mass is 35.5. The molecule has 12 heteroatoms. The van der Waals surface area contributed by atoms with Crippen LogP contribution in [0, 0.1) is 0 Å². The first-order valence-corrected chi connectivity index (χ1v) is 28.2. The second-order valence-corrected chi connectivity index (χ2v) is 21.2. The van der Waals surface area contributed by atoms with Crippen LogP contribution in [0.25, 0.3) is 0 Å². The monoisotopic (exact) mass is 1100 g/mol. The van der Waals surface area contributed by atoms with Gasteiger partial charge in [0.2, 0.25) is 0 Å². The summed E-state index contributed by atoms with van der Waals surface area (Å²) in [5.41, 5.74) is 6.36. The summed E-state index contributed by atoms with van der Waals surface area (Å²) in [4.78, 5) is 0.941. The van der Waals surface area contributed by atoms with Gasteiger partial charge in [-0.25, -0.2) is 0 Å². The molecule has 2 aliphatic rings. The van der Waals surface area contributed by atoms with Crippen molar-refractivity contribution in [2.24, 2.45) is 0 Å². The van der Waals surface area contributed by atoms with E-state index in [1.54, 1.807) is 11.8 Å². The molecule has 0 spiro atoms. The topological polar surface area (TPSA) is 92.3 Å². The first kappa shape index (κ1) is 56.3. The van der Waals surface area contributed by atoms with Crippen molar-refractivity contribution in [1.82, 2.24) is 0 Å². The number of halogens is 1. The molecule has 8 aromatic rings. The highest BCUT2D eigenvalue weighted by Crippen LogP contribution is 2.41. The van der Waals surface area contributed by atoms with Gasteiger partial charge in [-0.3, -0.25) is 0 Å². The van der Waals surface area contributed by atoms with Crippen molar-refractivity contribution >= 4 is 23.4 Å². The van der Waals surface area contributed by atoms with Crippen LogP contribution in [0.2, 0.25) is 5.02 Å². The van der Waals surface area contributed by atoms with Crippen LogP contribution in [-0.4, -0.2) is 73.8 Å². The van der Waals surface area contributed by atoms with Crippen molar-refractivity contribution in [3.8, 4) is 0 Å². The molecule has 0 saturated carbocycles. The van der Waals surface area contributed by atoms with E-state index in [2.05, 4.69) is 36.4 Å².